The van der Waals surface area contributed by atoms with Crippen LogP contribution in [0.5, 0.6) is 5.75 Å². The first-order valence-electron chi connectivity index (χ1n) is 10.2. The van der Waals surface area contributed by atoms with Gasteiger partial charge in [0.15, 0.2) is 6.61 Å². The fourth-order valence-corrected chi connectivity index (χ4v) is 4.91. The Morgan fingerprint density at radius 3 is 2.52 bits per heavy atom. The van der Waals surface area contributed by atoms with Gasteiger partial charge in [0.1, 0.15) is 16.6 Å². The van der Waals surface area contributed by atoms with Crippen molar-refractivity contribution >= 4 is 28.2 Å². The highest BCUT2D eigenvalue weighted by molar-refractivity contribution is 7.17. The van der Waals surface area contributed by atoms with E-state index in [1.807, 2.05) is 30.3 Å². The van der Waals surface area contributed by atoms with Gasteiger partial charge in [-0.2, -0.15) is 0 Å². The number of anilines is 1. The van der Waals surface area contributed by atoms with Crippen molar-refractivity contribution in [1.29, 1.82) is 0 Å². The van der Waals surface area contributed by atoms with Gasteiger partial charge in [0.05, 0.1) is 5.56 Å². The molecule has 3 aromatic rings. The second kappa shape index (κ2) is 9.75. The van der Waals surface area contributed by atoms with Crippen molar-refractivity contribution in [2.75, 3.05) is 11.9 Å². The van der Waals surface area contributed by atoms with Crippen molar-refractivity contribution in [2.45, 2.75) is 32.2 Å². The van der Waals surface area contributed by atoms with Crippen molar-refractivity contribution < 1.29 is 18.7 Å². The molecule has 0 saturated carbocycles. The lowest BCUT2D eigenvalue weighted by atomic mass is 9.95. The lowest BCUT2D eigenvalue weighted by Gasteiger charge is -2.13. The highest BCUT2D eigenvalue weighted by atomic mass is 32.1. The molecule has 2 aromatic carbocycles. The Morgan fingerprint density at radius 1 is 1.00 bits per heavy atom. The summed E-state index contributed by atoms with van der Waals surface area (Å²) in [5.41, 5.74) is 2.61. The van der Waals surface area contributed by atoms with E-state index in [9.17, 15) is 14.0 Å². The van der Waals surface area contributed by atoms with E-state index in [4.69, 9.17) is 4.74 Å². The summed E-state index contributed by atoms with van der Waals surface area (Å²) < 4.78 is 18.4. The van der Waals surface area contributed by atoms with Crippen LogP contribution in [0.15, 0.2) is 54.6 Å². The molecule has 2 N–H and O–H groups in total. The van der Waals surface area contributed by atoms with E-state index in [2.05, 4.69) is 10.6 Å². The molecule has 0 bridgehead atoms. The first-order chi connectivity index (χ1) is 15.1. The summed E-state index contributed by atoms with van der Waals surface area (Å²) >= 11 is 1.47. The van der Waals surface area contributed by atoms with Gasteiger partial charge in [-0.25, -0.2) is 4.39 Å². The number of hydrogen-bond acceptors (Lipinski definition) is 4. The highest BCUT2D eigenvalue weighted by Gasteiger charge is 2.26. The lowest BCUT2D eigenvalue weighted by Crippen LogP contribution is -2.26. The summed E-state index contributed by atoms with van der Waals surface area (Å²) in [6, 6.07) is 15.2. The maximum Gasteiger partial charge on any atom is 0.262 e. The molecule has 4 rings (SSSR count). The van der Waals surface area contributed by atoms with Crippen LogP contribution in [0.1, 0.15) is 39.2 Å². The Kier molecular flexibility index (Phi) is 6.62. The standard InChI is InChI=1S/C24H23FN2O3S/c25-17-10-12-18(13-11-17)30-15-21(28)27-24-22(19-8-4-5-9-20(19)31-24)23(29)26-14-16-6-2-1-3-7-16/h1-3,6-7,10-13H,4-5,8-9,14-15H2,(H,26,29)(H,27,28). The molecular formula is C24H23FN2O3S. The van der Waals surface area contributed by atoms with Gasteiger partial charge in [-0.05, 0) is 61.1 Å². The zero-order valence-corrected chi connectivity index (χ0v) is 17.8. The molecule has 0 saturated heterocycles. The number of ether oxygens (including phenoxy) is 1. The van der Waals surface area contributed by atoms with Crippen LogP contribution in [-0.2, 0) is 24.2 Å². The minimum Gasteiger partial charge on any atom is -0.484 e. The molecule has 0 radical (unpaired) electrons. The van der Waals surface area contributed by atoms with Crippen LogP contribution in [0.3, 0.4) is 0 Å². The van der Waals surface area contributed by atoms with E-state index in [-0.39, 0.29) is 24.2 Å². The Hall–Kier alpha value is -3.19. The summed E-state index contributed by atoms with van der Waals surface area (Å²) in [5.74, 6) is -0.506. The zero-order valence-electron chi connectivity index (χ0n) is 16.9. The second-order valence-electron chi connectivity index (χ2n) is 7.37. The average Bonchev–Trinajstić information content (AvgIpc) is 3.15. The minimum absolute atomic E-state index is 0.182. The largest absolute Gasteiger partial charge is 0.484 e. The van der Waals surface area contributed by atoms with Gasteiger partial charge in [-0.3, -0.25) is 9.59 Å². The summed E-state index contributed by atoms with van der Waals surface area (Å²) in [7, 11) is 0. The van der Waals surface area contributed by atoms with Crippen LogP contribution in [0.4, 0.5) is 9.39 Å². The Morgan fingerprint density at radius 2 is 1.74 bits per heavy atom. The highest BCUT2D eigenvalue weighted by Crippen LogP contribution is 2.38. The molecule has 7 heteroatoms. The topological polar surface area (TPSA) is 67.4 Å². The first-order valence-corrected chi connectivity index (χ1v) is 11.1. The van der Waals surface area contributed by atoms with Crippen LogP contribution in [0.2, 0.25) is 0 Å². The van der Waals surface area contributed by atoms with Crippen molar-refractivity contribution in [3.8, 4) is 5.75 Å². The summed E-state index contributed by atoms with van der Waals surface area (Å²) in [4.78, 5) is 26.7. The molecule has 0 unspecified atom stereocenters. The van der Waals surface area contributed by atoms with Gasteiger partial charge in [-0.1, -0.05) is 30.3 Å². The molecule has 0 atom stereocenters. The molecule has 1 aromatic heterocycles. The summed E-state index contributed by atoms with van der Waals surface area (Å²) in [5, 5.41) is 6.39. The second-order valence-corrected chi connectivity index (χ2v) is 8.48. The van der Waals surface area contributed by atoms with E-state index >= 15 is 0 Å². The molecule has 2 amide bonds. The van der Waals surface area contributed by atoms with Gasteiger partial charge in [-0.15, -0.1) is 11.3 Å². The van der Waals surface area contributed by atoms with Crippen molar-refractivity contribution in [1.82, 2.24) is 5.32 Å². The first kappa shape index (κ1) is 21.1. The molecule has 160 valence electrons. The number of carbonyl (C=O) groups is 2. The van der Waals surface area contributed by atoms with E-state index in [1.54, 1.807) is 0 Å². The molecule has 1 heterocycles. The monoisotopic (exact) mass is 438 g/mol. The van der Waals surface area contributed by atoms with E-state index in [0.29, 0.717) is 22.9 Å². The van der Waals surface area contributed by atoms with Crippen molar-refractivity contribution in [3.63, 3.8) is 0 Å². The predicted molar refractivity (Wildman–Crippen MR) is 119 cm³/mol. The van der Waals surface area contributed by atoms with Gasteiger partial charge < -0.3 is 15.4 Å². The third-order valence-electron chi connectivity index (χ3n) is 5.13. The van der Waals surface area contributed by atoms with Crippen LogP contribution in [0, 0.1) is 5.82 Å². The molecule has 1 aliphatic carbocycles. The van der Waals surface area contributed by atoms with E-state index < -0.39 is 0 Å². The van der Waals surface area contributed by atoms with Crippen LogP contribution in [-0.4, -0.2) is 18.4 Å². The Bertz CT molecular complexity index is 1060. The van der Waals surface area contributed by atoms with Gasteiger partial charge in [0.25, 0.3) is 11.8 Å². The number of amides is 2. The number of rotatable bonds is 7. The van der Waals surface area contributed by atoms with Crippen molar-refractivity contribution in [2.24, 2.45) is 0 Å². The summed E-state index contributed by atoms with van der Waals surface area (Å²) in [6.07, 6.45) is 3.87. The minimum atomic E-state index is -0.368. The van der Waals surface area contributed by atoms with Gasteiger partial charge in [0.2, 0.25) is 0 Å². The lowest BCUT2D eigenvalue weighted by molar-refractivity contribution is -0.118. The number of halogens is 1. The molecule has 5 nitrogen and oxygen atoms in total. The molecule has 31 heavy (non-hydrogen) atoms. The smallest absolute Gasteiger partial charge is 0.262 e. The third kappa shape index (κ3) is 5.30. The summed E-state index contributed by atoms with van der Waals surface area (Å²) in [6.45, 7) is 0.199. The number of fused-ring (bicyclic) bond motifs is 1. The number of carbonyl (C=O) groups excluding carboxylic acids is 2. The van der Waals surface area contributed by atoms with E-state index in [1.165, 1.54) is 35.6 Å². The third-order valence-corrected chi connectivity index (χ3v) is 6.34. The normalized spacial score (nSPS) is 12.7. The van der Waals surface area contributed by atoms with E-state index in [0.717, 1.165) is 41.7 Å². The molecule has 0 fully saturated rings. The zero-order chi connectivity index (χ0) is 21.6. The van der Waals surface area contributed by atoms with Crippen molar-refractivity contribution in [3.05, 3.63) is 82.0 Å². The van der Waals surface area contributed by atoms with Gasteiger partial charge in [0, 0.05) is 11.4 Å². The number of hydrogen-bond donors (Lipinski definition) is 2. The average molecular weight is 439 g/mol. The number of benzene rings is 2. The Labute approximate surface area is 184 Å². The van der Waals surface area contributed by atoms with Crippen LogP contribution >= 0.6 is 11.3 Å². The predicted octanol–water partition coefficient (Wildman–Crippen LogP) is 4.71. The molecule has 0 aliphatic heterocycles. The fraction of sp³-hybridized carbons (Fsp3) is 0.250. The Balaban J connectivity index is 1.46. The molecule has 1 aliphatic rings. The van der Waals surface area contributed by atoms with Crippen LogP contribution in [0.25, 0.3) is 0 Å². The SMILES string of the molecule is O=C(COc1ccc(F)cc1)Nc1sc2c(c1C(=O)NCc1ccccc1)CCCC2. The maximum absolute atomic E-state index is 13.0. The maximum atomic E-state index is 13.0. The number of nitrogens with one attached hydrogen (secondary N) is 2. The van der Waals surface area contributed by atoms with Crippen LogP contribution < -0.4 is 15.4 Å². The quantitative estimate of drug-likeness (QED) is 0.561. The number of thiophene rings is 1. The van der Waals surface area contributed by atoms with Gasteiger partial charge >= 0.3 is 0 Å². The number of aryl methyl sites for hydroxylation is 1. The fourth-order valence-electron chi connectivity index (χ4n) is 3.60. The molecular weight excluding hydrogens is 415 g/mol. The molecule has 0 spiro atoms.